The molecule has 1 aliphatic heterocycles. The molecule has 3 atom stereocenters. The Kier molecular flexibility index (Phi) is 5.28. The van der Waals surface area contributed by atoms with Gasteiger partial charge in [-0.2, -0.15) is 4.48 Å². The Balaban J connectivity index is 2.96. The third-order valence-corrected chi connectivity index (χ3v) is 3.92. The van der Waals surface area contributed by atoms with Crippen molar-refractivity contribution in [2.45, 2.75) is 58.5 Å². The van der Waals surface area contributed by atoms with Gasteiger partial charge in [0.1, 0.15) is 12.1 Å². The monoisotopic (exact) mass is 256 g/mol. The number of nitrogens with two attached hydrogens (primary N) is 1. The van der Waals surface area contributed by atoms with E-state index < -0.39 is 6.04 Å². The number of urea groups is 1. The average Bonchev–Trinajstić information content (AvgIpc) is 2.76. The molecule has 1 saturated heterocycles. The van der Waals surface area contributed by atoms with Crippen LogP contribution in [0.15, 0.2) is 0 Å². The predicted molar refractivity (Wildman–Crippen MR) is 70.8 cm³/mol. The van der Waals surface area contributed by atoms with Crippen molar-refractivity contribution in [1.29, 1.82) is 0 Å². The molecule has 0 bridgehead atoms. The molecule has 0 aromatic rings. The van der Waals surface area contributed by atoms with Crippen LogP contribution in [0.3, 0.4) is 0 Å². The zero-order valence-electron chi connectivity index (χ0n) is 11.7. The summed E-state index contributed by atoms with van der Waals surface area (Å²) in [6, 6.07) is -0.680. The number of hydrogen-bond donors (Lipinski definition) is 2. The van der Waals surface area contributed by atoms with Gasteiger partial charge in [0.15, 0.2) is 0 Å². The van der Waals surface area contributed by atoms with Gasteiger partial charge in [-0.1, -0.05) is 13.8 Å². The van der Waals surface area contributed by atoms with Crippen LogP contribution >= 0.6 is 0 Å². The highest BCUT2D eigenvalue weighted by atomic mass is 16.2. The highest BCUT2D eigenvalue weighted by molar-refractivity contribution is 5.87. The second-order valence-corrected chi connectivity index (χ2v) is 5.17. The van der Waals surface area contributed by atoms with Gasteiger partial charge in [0.25, 0.3) is 0 Å². The number of rotatable bonds is 4. The van der Waals surface area contributed by atoms with Gasteiger partial charge in [0, 0.05) is 19.4 Å². The first-order valence-electron chi connectivity index (χ1n) is 6.96. The normalized spacial score (nSPS) is 29.0. The molecular formula is C13H26N3O2+. The maximum Gasteiger partial charge on any atom is 0.424 e. The Morgan fingerprint density at radius 1 is 1.44 bits per heavy atom. The van der Waals surface area contributed by atoms with E-state index in [0.29, 0.717) is 19.5 Å². The Morgan fingerprint density at radius 3 is 2.56 bits per heavy atom. The summed E-state index contributed by atoms with van der Waals surface area (Å²) in [6.45, 7) is 7.05. The first-order valence-corrected chi connectivity index (χ1v) is 6.96. The Hall–Kier alpha value is -0.940. The molecule has 104 valence electrons. The second-order valence-electron chi connectivity index (χ2n) is 5.17. The number of amides is 3. The summed E-state index contributed by atoms with van der Waals surface area (Å²) >= 11 is 0. The molecule has 1 heterocycles. The maximum atomic E-state index is 12.5. The molecule has 1 fully saturated rings. The largest absolute Gasteiger partial charge is 0.424 e. The summed E-state index contributed by atoms with van der Waals surface area (Å²) in [5.41, 5.74) is 5.87. The van der Waals surface area contributed by atoms with Crippen LogP contribution in [-0.2, 0) is 4.79 Å². The number of carbonyl (C=O) groups excluding carboxylic acids is 2. The molecule has 18 heavy (non-hydrogen) atoms. The molecule has 0 radical (unpaired) electrons. The van der Waals surface area contributed by atoms with Crippen LogP contribution in [-0.4, -0.2) is 41.6 Å². The number of imide groups is 1. The van der Waals surface area contributed by atoms with E-state index in [0.717, 1.165) is 19.3 Å². The Morgan fingerprint density at radius 2 is 2.11 bits per heavy atom. The number of quaternary nitrogens is 1. The standard InChI is InChI=1S/C13H25N3O2/c1-4-8-15-13(18)16(9-6-7-10(16)3)12(17)11(14)5-2/h10-11H,4-9,14H2,1-3H3/p+1/t10-,11+,16?/m1/s1. The minimum Gasteiger partial charge on any atom is -0.316 e. The number of likely N-dealkylation sites (tertiary alicyclic amines) is 1. The van der Waals surface area contributed by atoms with E-state index >= 15 is 0 Å². The lowest BCUT2D eigenvalue weighted by molar-refractivity contribution is -0.785. The second kappa shape index (κ2) is 6.29. The molecule has 0 aromatic carbocycles. The molecule has 0 saturated carbocycles. The van der Waals surface area contributed by atoms with Crippen LogP contribution in [0.2, 0.25) is 0 Å². The summed E-state index contributed by atoms with van der Waals surface area (Å²) in [6.07, 6.45) is 3.26. The fourth-order valence-corrected chi connectivity index (χ4v) is 2.65. The molecule has 0 aliphatic carbocycles. The molecule has 0 spiro atoms. The summed E-state index contributed by atoms with van der Waals surface area (Å²) in [4.78, 5) is 24.9. The van der Waals surface area contributed by atoms with Crippen molar-refractivity contribution in [3.05, 3.63) is 0 Å². The van der Waals surface area contributed by atoms with Crippen LogP contribution in [0.5, 0.6) is 0 Å². The van der Waals surface area contributed by atoms with E-state index in [9.17, 15) is 9.59 Å². The van der Waals surface area contributed by atoms with Crippen molar-refractivity contribution in [2.75, 3.05) is 13.1 Å². The van der Waals surface area contributed by atoms with E-state index in [2.05, 4.69) is 5.32 Å². The van der Waals surface area contributed by atoms with E-state index in [1.165, 1.54) is 0 Å². The predicted octanol–water partition coefficient (Wildman–Crippen LogP) is 1.37. The van der Waals surface area contributed by atoms with Crippen molar-refractivity contribution in [3.8, 4) is 0 Å². The lowest BCUT2D eigenvalue weighted by Crippen LogP contribution is -2.66. The average molecular weight is 256 g/mol. The fourth-order valence-electron chi connectivity index (χ4n) is 2.65. The third kappa shape index (κ3) is 2.57. The SMILES string of the molecule is CCCNC(=O)[N+]1(C(=O)[C@@H](N)CC)CCC[C@H]1C. The molecule has 3 N–H and O–H groups in total. The van der Waals surface area contributed by atoms with Crippen LogP contribution in [0.1, 0.15) is 46.5 Å². The Bertz CT molecular complexity index is 319. The van der Waals surface area contributed by atoms with Crippen LogP contribution in [0.25, 0.3) is 0 Å². The first kappa shape index (κ1) is 15.1. The van der Waals surface area contributed by atoms with Gasteiger partial charge in [-0.05, 0) is 19.8 Å². The fraction of sp³-hybridized carbons (Fsp3) is 0.846. The van der Waals surface area contributed by atoms with Crippen molar-refractivity contribution >= 4 is 11.9 Å². The molecule has 0 aromatic heterocycles. The minimum absolute atomic E-state index is 0.0342. The number of hydrogen-bond acceptors (Lipinski definition) is 3. The quantitative estimate of drug-likeness (QED) is 0.746. The lowest BCUT2D eigenvalue weighted by Gasteiger charge is -2.34. The third-order valence-electron chi connectivity index (χ3n) is 3.92. The number of nitrogens with one attached hydrogen (secondary N) is 1. The number of carbonyl (C=O) groups is 2. The van der Waals surface area contributed by atoms with E-state index in [4.69, 9.17) is 5.73 Å². The number of nitrogens with zero attached hydrogens (tertiary/aromatic N) is 1. The molecule has 5 heteroatoms. The van der Waals surface area contributed by atoms with Crippen molar-refractivity contribution in [1.82, 2.24) is 5.32 Å². The van der Waals surface area contributed by atoms with Crippen LogP contribution in [0, 0.1) is 0 Å². The van der Waals surface area contributed by atoms with Crippen molar-refractivity contribution < 1.29 is 14.1 Å². The van der Waals surface area contributed by atoms with Gasteiger partial charge in [-0.3, -0.25) is 0 Å². The molecule has 1 unspecified atom stereocenters. The summed E-state index contributed by atoms with van der Waals surface area (Å²) in [5, 5.41) is 2.86. The molecule has 5 nitrogen and oxygen atoms in total. The van der Waals surface area contributed by atoms with Gasteiger partial charge in [0.2, 0.25) is 0 Å². The van der Waals surface area contributed by atoms with Crippen molar-refractivity contribution in [3.63, 3.8) is 0 Å². The van der Waals surface area contributed by atoms with Crippen LogP contribution < -0.4 is 11.1 Å². The van der Waals surface area contributed by atoms with Crippen LogP contribution in [0.4, 0.5) is 4.79 Å². The van der Waals surface area contributed by atoms with Gasteiger partial charge in [0.05, 0.1) is 6.54 Å². The van der Waals surface area contributed by atoms with Gasteiger partial charge < -0.3 is 11.1 Å². The lowest BCUT2D eigenvalue weighted by atomic mass is 10.1. The molecular weight excluding hydrogens is 230 g/mol. The minimum atomic E-state index is -0.544. The smallest absolute Gasteiger partial charge is 0.316 e. The molecule has 1 aliphatic rings. The van der Waals surface area contributed by atoms with Gasteiger partial charge in [-0.15, -0.1) is 0 Å². The molecule has 3 amide bonds. The van der Waals surface area contributed by atoms with Gasteiger partial charge >= 0.3 is 11.9 Å². The summed E-state index contributed by atoms with van der Waals surface area (Å²) in [5.74, 6) is -0.129. The summed E-state index contributed by atoms with van der Waals surface area (Å²) in [7, 11) is 0. The topological polar surface area (TPSA) is 72.2 Å². The zero-order valence-corrected chi connectivity index (χ0v) is 11.7. The van der Waals surface area contributed by atoms with Gasteiger partial charge in [-0.25, -0.2) is 9.59 Å². The highest BCUT2D eigenvalue weighted by Crippen LogP contribution is 2.28. The Labute approximate surface area is 109 Å². The maximum absolute atomic E-state index is 12.5. The molecule has 1 rings (SSSR count). The van der Waals surface area contributed by atoms with E-state index in [-0.39, 0.29) is 22.5 Å². The zero-order chi connectivity index (χ0) is 13.8. The first-order chi connectivity index (χ1) is 8.50. The van der Waals surface area contributed by atoms with Crippen molar-refractivity contribution in [2.24, 2.45) is 5.73 Å². The summed E-state index contributed by atoms with van der Waals surface area (Å²) < 4.78 is -0.102. The van der Waals surface area contributed by atoms with E-state index in [1.54, 1.807) is 0 Å². The van der Waals surface area contributed by atoms with E-state index in [1.807, 2.05) is 20.8 Å². The highest BCUT2D eigenvalue weighted by Gasteiger charge is 2.53.